The Kier molecular flexibility index (Phi) is 6.28. The number of ether oxygens (including phenoxy) is 2. The molecule has 0 aliphatic heterocycles. The van der Waals surface area contributed by atoms with Crippen molar-refractivity contribution in [3.63, 3.8) is 0 Å². The minimum atomic E-state index is -1.09. The number of carboxylic acid groups (broad SMARTS) is 1. The third kappa shape index (κ3) is 5.65. The molecule has 0 bridgehead atoms. The van der Waals surface area contributed by atoms with E-state index >= 15 is 0 Å². The minimum absolute atomic E-state index is 0.105. The largest absolute Gasteiger partial charge is 0.497 e. The Morgan fingerprint density at radius 3 is 2.86 bits per heavy atom. The lowest BCUT2D eigenvalue weighted by Gasteiger charge is -2.10. The summed E-state index contributed by atoms with van der Waals surface area (Å²) in [5.41, 5.74) is 0.492. The van der Waals surface area contributed by atoms with Crippen LogP contribution in [0.15, 0.2) is 24.3 Å². The number of hydrogen-bond donors (Lipinski definition) is 2. The highest BCUT2D eigenvalue weighted by Gasteiger charge is 2.07. The molecule has 7 heteroatoms. The van der Waals surface area contributed by atoms with E-state index in [4.69, 9.17) is 19.8 Å². The van der Waals surface area contributed by atoms with Gasteiger partial charge in [-0.1, -0.05) is 0 Å². The highest BCUT2D eigenvalue weighted by molar-refractivity contribution is 5.86. The fourth-order valence-electron chi connectivity index (χ4n) is 1.40. The Labute approximate surface area is 121 Å². The number of rotatable bonds is 7. The highest BCUT2D eigenvalue weighted by Crippen LogP contribution is 2.26. The molecule has 7 nitrogen and oxygen atoms in total. The van der Waals surface area contributed by atoms with Crippen LogP contribution in [0.25, 0.3) is 6.08 Å². The minimum Gasteiger partial charge on any atom is -0.497 e. The standard InChI is InChI=1S/C14H14N2O5/c1-20-11-4-2-10(3-5-14(18)19)12(8-11)21-9-13(17)16-7-6-15/h2-5,8H,7,9H2,1H3,(H,16,17)(H,18,19)/b5-3+. The maximum atomic E-state index is 11.4. The average Bonchev–Trinajstić information content (AvgIpc) is 2.48. The Bertz CT molecular complexity index is 590. The first kappa shape index (κ1) is 16.0. The SMILES string of the molecule is COc1ccc(/C=C/C(=O)O)c(OCC(=O)NCC#N)c1. The third-order valence-electron chi connectivity index (χ3n) is 2.35. The van der Waals surface area contributed by atoms with Crippen LogP contribution in [-0.2, 0) is 9.59 Å². The van der Waals surface area contributed by atoms with Gasteiger partial charge in [-0.2, -0.15) is 5.26 Å². The number of amides is 1. The molecule has 0 aliphatic rings. The Hall–Kier alpha value is -3.01. The van der Waals surface area contributed by atoms with E-state index in [2.05, 4.69) is 5.32 Å². The topological polar surface area (TPSA) is 109 Å². The van der Waals surface area contributed by atoms with Crippen molar-refractivity contribution in [3.05, 3.63) is 29.8 Å². The van der Waals surface area contributed by atoms with Gasteiger partial charge in [0.2, 0.25) is 0 Å². The summed E-state index contributed by atoms with van der Waals surface area (Å²) in [4.78, 5) is 21.9. The van der Waals surface area contributed by atoms with Gasteiger partial charge in [-0.05, 0) is 18.2 Å². The molecule has 0 saturated carbocycles. The number of aliphatic carboxylic acids is 1. The summed E-state index contributed by atoms with van der Waals surface area (Å²) >= 11 is 0. The van der Waals surface area contributed by atoms with Gasteiger partial charge in [0, 0.05) is 17.7 Å². The summed E-state index contributed by atoms with van der Waals surface area (Å²) in [5.74, 6) is -0.732. The zero-order valence-electron chi connectivity index (χ0n) is 11.3. The first-order chi connectivity index (χ1) is 10.1. The second-order valence-electron chi connectivity index (χ2n) is 3.80. The Balaban J connectivity index is 2.84. The number of carbonyl (C=O) groups excluding carboxylic acids is 1. The second-order valence-corrected chi connectivity index (χ2v) is 3.80. The number of hydrogen-bond acceptors (Lipinski definition) is 5. The fourth-order valence-corrected chi connectivity index (χ4v) is 1.40. The number of carbonyl (C=O) groups is 2. The predicted molar refractivity (Wildman–Crippen MR) is 73.8 cm³/mol. The molecule has 0 heterocycles. The summed E-state index contributed by atoms with van der Waals surface area (Å²) < 4.78 is 10.4. The summed E-state index contributed by atoms with van der Waals surface area (Å²) in [7, 11) is 1.48. The number of benzene rings is 1. The van der Waals surface area contributed by atoms with Crippen LogP contribution in [0.4, 0.5) is 0 Å². The van der Waals surface area contributed by atoms with Crippen LogP contribution in [0.3, 0.4) is 0 Å². The molecule has 2 N–H and O–H groups in total. The van der Waals surface area contributed by atoms with E-state index < -0.39 is 11.9 Å². The summed E-state index contributed by atoms with van der Waals surface area (Å²) in [6.07, 6.45) is 2.31. The van der Waals surface area contributed by atoms with Crippen LogP contribution in [0.5, 0.6) is 11.5 Å². The monoisotopic (exact) mass is 290 g/mol. The molecule has 110 valence electrons. The first-order valence-corrected chi connectivity index (χ1v) is 5.92. The van der Waals surface area contributed by atoms with Gasteiger partial charge in [-0.3, -0.25) is 4.79 Å². The van der Waals surface area contributed by atoms with E-state index in [1.165, 1.54) is 13.2 Å². The van der Waals surface area contributed by atoms with Crippen molar-refractivity contribution >= 4 is 18.0 Å². The molecular formula is C14H14N2O5. The quantitative estimate of drug-likeness (QED) is 0.568. The molecule has 0 fully saturated rings. The molecule has 0 unspecified atom stereocenters. The predicted octanol–water partition coefficient (Wildman–Crippen LogP) is 0.812. The Morgan fingerprint density at radius 1 is 1.48 bits per heavy atom. The van der Waals surface area contributed by atoms with Crippen molar-refractivity contribution in [1.29, 1.82) is 5.26 Å². The number of nitriles is 1. The van der Waals surface area contributed by atoms with Crippen molar-refractivity contribution in [2.45, 2.75) is 0 Å². The smallest absolute Gasteiger partial charge is 0.328 e. The van der Waals surface area contributed by atoms with Gasteiger partial charge in [0.25, 0.3) is 5.91 Å². The van der Waals surface area contributed by atoms with Gasteiger partial charge >= 0.3 is 5.97 Å². The molecule has 0 radical (unpaired) electrons. The molecule has 1 aromatic carbocycles. The third-order valence-corrected chi connectivity index (χ3v) is 2.35. The molecule has 1 aromatic rings. The summed E-state index contributed by atoms with van der Waals surface area (Å²) in [6.45, 7) is -0.394. The normalized spacial score (nSPS) is 9.90. The molecule has 1 rings (SSSR count). The second kappa shape index (κ2) is 8.22. The van der Waals surface area contributed by atoms with Crippen LogP contribution in [0.2, 0.25) is 0 Å². The van der Waals surface area contributed by atoms with Crippen LogP contribution in [0, 0.1) is 11.3 Å². The molecule has 0 aromatic heterocycles. The van der Waals surface area contributed by atoms with Crippen molar-refractivity contribution < 1.29 is 24.2 Å². The first-order valence-electron chi connectivity index (χ1n) is 5.92. The number of carboxylic acids is 1. The zero-order valence-corrected chi connectivity index (χ0v) is 11.3. The number of nitrogens with one attached hydrogen (secondary N) is 1. The lowest BCUT2D eigenvalue weighted by atomic mass is 10.1. The Morgan fingerprint density at radius 2 is 2.24 bits per heavy atom. The average molecular weight is 290 g/mol. The lowest BCUT2D eigenvalue weighted by molar-refractivity contribution is -0.131. The van der Waals surface area contributed by atoms with Gasteiger partial charge < -0.3 is 19.9 Å². The number of methoxy groups -OCH3 is 1. The van der Waals surface area contributed by atoms with E-state index in [-0.39, 0.29) is 13.2 Å². The zero-order chi connectivity index (χ0) is 15.7. The molecule has 21 heavy (non-hydrogen) atoms. The van der Waals surface area contributed by atoms with Crippen LogP contribution >= 0.6 is 0 Å². The van der Waals surface area contributed by atoms with Gasteiger partial charge in [0.05, 0.1) is 13.2 Å². The molecule has 0 saturated heterocycles. The molecular weight excluding hydrogens is 276 g/mol. The van der Waals surface area contributed by atoms with Gasteiger partial charge in [-0.25, -0.2) is 4.79 Å². The van der Waals surface area contributed by atoms with Crippen LogP contribution in [-0.4, -0.2) is 37.2 Å². The summed E-state index contributed by atoms with van der Waals surface area (Å²) in [5, 5.41) is 19.3. The fraction of sp³-hybridized carbons (Fsp3) is 0.214. The van der Waals surface area contributed by atoms with Gasteiger partial charge in [0.15, 0.2) is 6.61 Å². The molecule has 0 atom stereocenters. The van der Waals surface area contributed by atoms with E-state index in [1.807, 2.05) is 0 Å². The van der Waals surface area contributed by atoms with E-state index in [0.717, 1.165) is 6.08 Å². The van der Waals surface area contributed by atoms with Crippen LogP contribution in [0.1, 0.15) is 5.56 Å². The number of nitrogens with zero attached hydrogens (tertiary/aromatic N) is 1. The molecule has 0 aliphatic carbocycles. The van der Waals surface area contributed by atoms with Crippen LogP contribution < -0.4 is 14.8 Å². The molecule has 1 amide bonds. The van der Waals surface area contributed by atoms with E-state index in [0.29, 0.717) is 17.1 Å². The maximum absolute atomic E-state index is 11.4. The van der Waals surface area contributed by atoms with E-state index in [9.17, 15) is 9.59 Å². The van der Waals surface area contributed by atoms with Crippen molar-refractivity contribution in [3.8, 4) is 17.6 Å². The van der Waals surface area contributed by atoms with Crippen molar-refractivity contribution in [2.24, 2.45) is 0 Å². The van der Waals surface area contributed by atoms with Crippen molar-refractivity contribution in [1.82, 2.24) is 5.32 Å². The van der Waals surface area contributed by atoms with E-state index in [1.54, 1.807) is 24.3 Å². The van der Waals surface area contributed by atoms with Crippen molar-refractivity contribution in [2.75, 3.05) is 20.3 Å². The summed E-state index contributed by atoms with van der Waals surface area (Å²) in [6, 6.07) is 6.57. The molecule has 0 spiro atoms. The van der Waals surface area contributed by atoms with Gasteiger partial charge in [-0.15, -0.1) is 0 Å². The van der Waals surface area contributed by atoms with Gasteiger partial charge in [0.1, 0.15) is 18.0 Å². The maximum Gasteiger partial charge on any atom is 0.328 e. The highest BCUT2D eigenvalue weighted by atomic mass is 16.5. The lowest BCUT2D eigenvalue weighted by Crippen LogP contribution is -2.29.